The van der Waals surface area contributed by atoms with Crippen LogP contribution in [0, 0.1) is 0 Å². The summed E-state index contributed by atoms with van der Waals surface area (Å²) in [6, 6.07) is 8.15. The zero-order valence-corrected chi connectivity index (χ0v) is 17.4. The van der Waals surface area contributed by atoms with E-state index in [0.717, 1.165) is 50.0 Å². The van der Waals surface area contributed by atoms with Crippen LogP contribution in [0.1, 0.15) is 32.4 Å². The van der Waals surface area contributed by atoms with Crippen molar-refractivity contribution in [3.63, 3.8) is 0 Å². The average Bonchev–Trinajstić information content (AvgIpc) is 2.70. The lowest BCUT2D eigenvalue weighted by Gasteiger charge is -2.47. The first-order valence-electron chi connectivity index (χ1n) is 10.5. The smallest absolute Gasteiger partial charge is 0.191 e. The van der Waals surface area contributed by atoms with Crippen molar-refractivity contribution in [2.45, 2.75) is 39.0 Å². The second kappa shape index (κ2) is 10.1. The number of benzene rings is 1. The fraction of sp³-hybridized carbons (Fsp3) is 0.667. The number of nitrogens with zero attached hydrogens (tertiary/aromatic N) is 3. The van der Waals surface area contributed by atoms with Gasteiger partial charge in [-0.3, -0.25) is 14.8 Å². The number of hydrogen-bond acceptors (Lipinski definition) is 5. The first-order valence-corrected chi connectivity index (χ1v) is 10.5. The summed E-state index contributed by atoms with van der Waals surface area (Å²) >= 11 is 0. The summed E-state index contributed by atoms with van der Waals surface area (Å²) in [5.41, 5.74) is 0.821. The largest absolute Gasteiger partial charge is 0.491 e. The molecule has 7 nitrogen and oxygen atoms in total. The van der Waals surface area contributed by atoms with E-state index >= 15 is 0 Å². The molecule has 156 valence electrons. The molecule has 3 fully saturated rings. The van der Waals surface area contributed by atoms with Crippen LogP contribution < -0.4 is 15.4 Å². The number of ether oxygens (including phenoxy) is 1. The van der Waals surface area contributed by atoms with Crippen LogP contribution in [0.4, 0.5) is 0 Å². The standard InChI is InChI=1S/C21H35N5O2/c1-4-22-21(23-13-18-15-25-8-10-26(18)11-9-25)24-14-20(27)17-6-5-7-19(12-17)28-16(2)3/h5-7,12,16,18,20,27H,4,8-11,13-15H2,1-3H3,(H2,22,23,24). The van der Waals surface area contributed by atoms with Gasteiger partial charge in [-0.15, -0.1) is 0 Å². The summed E-state index contributed by atoms with van der Waals surface area (Å²) < 4.78 is 5.72. The summed E-state index contributed by atoms with van der Waals surface area (Å²) in [5.74, 6) is 1.53. The minimum atomic E-state index is -0.660. The predicted octanol–water partition coefficient (Wildman–Crippen LogP) is 1.06. The molecule has 7 heteroatoms. The molecule has 28 heavy (non-hydrogen) atoms. The quantitative estimate of drug-likeness (QED) is 0.456. The van der Waals surface area contributed by atoms with Gasteiger partial charge in [-0.05, 0) is 38.5 Å². The van der Waals surface area contributed by atoms with Gasteiger partial charge >= 0.3 is 0 Å². The van der Waals surface area contributed by atoms with Gasteiger partial charge in [0.15, 0.2) is 5.96 Å². The minimum Gasteiger partial charge on any atom is -0.491 e. The van der Waals surface area contributed by atoms with Crippen LogP contribution >= 0.6 is 0 Å². The molecular formula is C21H35N5O2. The maximum Gasteiger partial charge on any atom is 0.191 e. The molecule has 2 unspecified atom stereocenters. The highest BCUT2D eigenvalue weighted by atomic mass is 16.5. The van der Waals surface area contributed by atoms with E-state index in [1.807, 2.05) is 38.1 Å². The normalized spacial score (nSPS) is 25.6. The number of aliphatic hydroxyl groups excluding tert-OH is 1. The number of rotatable bonds is 8. The summed E-state index contributed by atoms with van der Waals surface area (Å²) in [5, 5.41) is 17.3. The molecule has 3 aliphatic heterocycles. The Hall–Kier alpha value is -1.83. The Labute approximate surface area is 168 Å². The number of fused-ring (bicyclic) bond motifs is 3. The van der Waals surface area contributed by atoms with E-state index < -0.39 is 6.10 Å². The van der Waals surface area contributed by atoms with Crippen LogP contribution in [-0.4, -0.2) is 85.4 Å². The van der Waals surface area contributed by atoms with E-state index in [1.165, 1.54) is 13.1 Å². The third-order valence-electron chi connectivity index (χ3n) is 5.28. The molecule has 3 heterocycles. The molecule has 1 aromatic rings. The number of nitrogens with one attached hydrogen (secondary N) is 2. The van der Waals surface area contributed by atoms with Crippen LogP contribution in [0.5, 0.6) is 5.75 Å². The van der Waals surface area contributed by atoms with Crippen LogP contribution in [0.3, 0.4) is 0 Å². The Bertz CT molecular complexity index is 643. The lowest BCUT2D eigenvalue weighted by molar-refractivity contribution is 0.0154. The second-order valence-electron chi connectivity index (χ2n) is 7.85. The van der Waals surface area contributed by atoms with E-state index in [4.69, 9.17) is 4.74 Å². The highest BCUT2D eigenvalue weighted by Gasteiger charge is 2.31. The minimum absolute atomic E-state index is 0.108. The molecule has 3 aliphatic rings. The van der Waals surface area contributed by atoms with Crippen molar-refractivity contribution in [1.29, 1.82) is 0 Å². The second-order valence-corrected chi connectivity index (χ2v) is 7.85. The van der Waals surface area contributed by atoms with Gasteiger partial charge in [0.1, 0.15) is 5.75 Å². The van der Waals surface area contributed by atoms with E-state index in [9.17, 15) is 5.11 Å². The molecule has 0 amide bonds. The van der Waals surface area contributed by atoms with E-state index in [1.54, 1.807) is 0 Å². The van der Waals surface area contributed by atoms with Gasteiger partial charge in [0, 0.05) is 51.9 Å². The Balaban J connectivity index is 1.54. The van der Waals surface area contributed by atoms with Gasteiger partial charge in [0.05, 0.1) is 18.8 Å². The summed E-state index contributed by atoms with van der Waals surface area (Å²) in [6.07, 6.45) is -0.552. The Kier molecular flexibility index (Phi) is 7.53. The molecule has 1 aromatic carbocycles. The topological polar surface area (TPSA) is 72.4 Å². The molecule has 0 saturated carbocycles. The molecule has 0 radical (unpaired) electrons. The maximum atomic E-state index is 10.6. The Morgan fingerprint density at radius 1 is 1.25 bits per heavy atom. The van der Waals surface area contributed by atoms with E-state index in [-0.39, 0.29) is 6.10 Å². The SMILES string of the molecule is CCNC(=NCC(O)c1cccc(OC(C)C)c1)NCC1CN2CCN1CC2. The average molecular weight is 390 g/mol. The molecule has 0 aromatic heterocycles. The fourth-order valence-corrected chi connectivity index (χ4v) is 3.82. The molecular weight excluding hydrogens is 354 g/mol. The number of guanidine groups is 1. The van der Waals surface area contributed by atoms with Crippen molar-refractivity contribution in [3.8, 4) is 5.75 Å². The van der Waals surface area contributed by atoms with Gasteiger partial charge in [0.2, 0.25) is 0 Å². The fourth-order valence-electron chi connectivity index (χ4n) is 3.82. The Morgan fingerprint density at radius 3 is 2.68 bits per heavy atom. The lowest BCUT2D eigenvalue weighted by atomic mass is 10.1. The summed E-state index contributed by atoms with van der Waals surface area (Å²) in [4.78, 5) is 9.69. The summed E-state index contributed by atoms with van der Waals surface area (Å²) in [6.45, 7) is 13.8. The van der Waals surface area contributed by atoms with Crippen molar-refractivity contribution < 1.29 is 9.84 Å². The molecule has 0 aliphatic carbocycles. The molecule has 2 bridgehead atoms. The Morgan fingerprint density at radius 2 is 2.04 bits per heavy atom. The van der Waals surface area contributed by atoms with Crippen molar-refractivity contribution in [2.75, 3.05) is 52.4 Å². The van der Waals surface area contributed by atoms with Crippen LogP contribution in [0.25, 0.3) is 0 Å². The number of aliphatic imine (C=N–C) groups is 1. The van der Waals surface area contributed by atoms with Crippen molar-refractivity contribution in [1.82, 2.24) is 20.4 Å². The molecule has 3 saturated heterocycles. The lowest BCUT2D eigenvalue weighted by Crippen LogP contribution is -2.63. The van der Waals surface area contributed by atoms with Crippen molar-refractivity contribution in [3.05, 3.63) is 29.8 Å². The van der Waals surface area contributed by atoms with Crippen molar-refractivity contribution in [2.24, 2.45) is 4.99 Å². The zero-order chi connectivity index (χ0) is 19.9. The maximum absolute atomic E-state index is 10.6. The first-order chi connectivity index (χ1) is 13.5. The van der Waals surface area contributed by atoms with Gasteiger partial charge in [-0.2, -0.15) is 0 Å². The van der Waals surface area contributed by atoms with E-state index in [0.29, 0.717) is 12.6 Å². The van der Waals surface area contributed by atoms with E-state index in [2.05, 4.69) is 32.3 Å². The summed E-state index contributed by atoms with van der Waals surface area (Å²) in [7, 11) is 0. The monoisotopic (exact) mass is 389 g/mol. The van der Waals surface area contributed by atoms with Gasteiger partial charge in [-0.1, -0.05) is 12.1 Å². The third-order valence-corrected chi connectivity index (χ3v) is 5.28. The highest BCUT2D eigenvalue weighted by Crippen LogP contribution is 2.20. The first kappa shape index (κ1) is 20.9. The molecule has 2 atom stereocenters. The number of piperazine rings is 3. The molecule has 0 spiro atoms. The predicted molar refractivity (Wildman–Crippen MR) is 113 cm³/mol. The molecule has 4 rings (SSSR count). The van der Waals surface area contributed by atoms with Gasteiger partial charge in [-0.25, -0.2) is 0 Å². The molecule has 3 N–H and O–H groups in total. The van der Waals surface area contributed by atoms with Crippen molar-refractivity contribution >= 4 is 5.96 Å². The van der Waals surface area contributed by atoms with Crippen LogP contribution in [-0.2, 0) is 0 Å². The van der Waals surface area contributed by atoms with Crippen LogP contribution in [0.15, 0.2) is 29.3 Å². The van der Waals surface area contributed by atoms with Gasteiger partial charge < -0.3 is 20.5 Å². The number of aliphatic hydroxyl groups is 1. The third kappa shape index (κ3) is 5.83. The number of hydrogen-bond donors (Lipinski definition) is 3. The highest BCUT2D eigenvalue weighted by molar-refractivity contribution is 5.79. The zero-order valence-electron chi connectivity index (χ0n) is 17.4. The van der Waals surface area contributed by atoms with Crippen LogP contribution in [0.2, 0.25) is 0 Å². The van der Waals surface area contributed by atoms with Gasteiger partial charge in [0.25, 0.3) is 0 Å².